The molecule has 0 fully saturated rings. The van der Waals surface area contributed by atoms with Gasteiger partial charge in [0.05, 0.1) is 6.61 Å². The first-order valence-electron chi connectivity index (χ1n) is 4.42. The summed E-state index contributed by atoms with van der Waals surface area (Å²) < 4.78 is 0. The zero-order chi connectivity index (χ0) is 8.85. The highest BCUT2D eigenvalue weighted by Gasteiger charge is 2.10. The highest BCUT2D eigenvalue weighted by Crippen LogP contribution is 2.01. The van der Waals surface area contributed by atoms with Crippen LogP contribution >= 0.6 is 0 Å². The Bertz CT molecular complexity index is 91.6. The van der Waals surface area contributed by atoms with Gasteiger partial charge in [-0.15, -0.1) is 0 Å². The fourth-order valence-electron chi connectivity index (χ4n) is 0.898. The molecule has 0 aliphatic rings. The summed E-state index contributed by atoms with van der Waals surface area (Å²) in [6.07, 6.45) is 0. The molecule has 0 amide bonds. The second-order valence-corrected chi connectivity index (χ2v) is 3.84. The zero-order valence-corrected chi connectivity index (χ0v) is 8.09. The molecule has 0 aromatic carbocycles. The molecule has 2 heteroatoms. The lowest BCUT2D eigenvalue weighted by Crippen LogP contribution is -2.38. The molecule has 68 valence electrons. The van der Waals surface area contributed by atoms with Crippen molar-refractivity contribution in [2.75, 3.05) is 13.2 Å². The van der Waals surface area contributed by atoms with Crippen LogP contribution in [0.5, 0.6) is 0 Å². The first kappa shape index (κ1) is 10.9. The Morgan fingerprint density at radius 2 is 1.73 bits per heavy atom. The summed E-state index contributed by atoms with van der Waals surface area (Å²) in [5.41, 5.74) is 0. The molecule has 0 heterocycles. The van der Waals surface area contributed by atoms with Crippen molar-refractivity contribution in [1.29, 1.82) is 0 Å². The molecular formula is C9H21NO. The van der Waals surface area contributed by atoms with Crippen molar-refractivity contribution in [3.05, 3.63) is 0 Å². The minimum atomic E-state index is 0.240. The number of aliphatic hydroxyl groups is 1. The van der Waals surface area contributed by atoms with Crippen molar-refractivity contribution < 1.29 is 5.11 Å². The minimum absolute atomic E-state index is 0.240. The van der Waals surface area contributed by atoms with Crippen LogP contribution in [0.1, 0.15) is 27.7 Å². The van der Waals surface area contributed by atoms with E-state index in [0.29, 0.717) is 11.8 Å². The Kier molecular flexibility index (Phi) is 5.51. The van der Waals surface area contributed by atoms with Crippen molar-refractivity contribution in [2.24, 2.45) is 11.8 Å². The average Bonchev–Trinajstić information content (AvgIpc) is 1.87. The molecule has 0 saturated carbocycles. The van der Waals surface area contributed by atoms with Gasteiger partial charge in [-0.2, -0.15) is 0 Å². The largest absolute Gasteiger partial charge is 0.395 e. The molecule has 0 aliphatic heterocycles. The third-order valence-corrected chi connectivity index (χ3v) is 1.79. The smallest absolute Gasteiger partial charge is 0.0587 e. The van der Waals surface area contributed by atoms with Crippen molar-refractivity contribution in [3.8, 4) is 0 Å². The van der Waals surface area contributed by atoms with Crippen LogP contribution in [0.25, 0.3) is 0 Å². The molecule has 11 heavy (non-hydrogen) atoms. The highest BCUT2D eigenvalue weighted by atomic mass is 16.3. The van der Waals surface area contributed by atoms with E-state index in [1.807, 2.05) is 0 Å². The monoisotopic (exact) mass is 159 g/mol. The fraction of sp³-hybridized carbons (Fsp3) is 1.00. The van der Waals surface area contributed by atoms with E-state index in [-0.39, 0.29) is 12.6 Å². The Morgan fingerprint density at radius 3 is 2.00 bits per heavy atom. The summed E-state index contributed by atoms with van der Waals surface area (Å²) in [5, 5.41) is 12.3. The molecule has 0 rings (SSSR count). The fourth-order valence-corrected chi connectivity index (χ4v) is 0.898. The summed E-state index contributed by atoms with van der Waals surface area (Å²) in [6, 6.07) is 0.261. The van der Waals surface area contributed by atoms with Gasteiger partial charge in [0.1, 0.15) is 0 Å². The number of rotatable bonds is 5. The standard InChI is InChI=1S/C9H21NO/c1-7(2)5-10-9(6-11)8(3)4/h7-11H,5-6H2,1-4H3. The SMILES string of the molecule is CC(C)CNC(CO)C(C)C. The summed E-state index contributed by atoms with van der Waals surface area (Å²) in [4.78, 5) is 0. The summed E-state index contributed by atoms with van der Waals surface area (Å²) in [5.74, 6) is 1.17. The van der Waals surface area contributed by atoms with Gasteiger partial charge in [-0.25, -0.2) is 0 Å². The van der Waals surface area contributed by atoms with Gasteiger partial charge in [-0.3, -0.25) is 0 Å². The van der Waals surface area contributed by atoms with E-state index in [1.165, 1.54) is 0 Å². The van der Waals surface area contributed by atoms with Crippen molar-refractivity contribution in [2.45, 2.75) is 33.7 Å². The molecular weight excluding hydrogens is 138 g/mol. The van der Waals surface area contributed by atoms with Crippen LogP contribution in [0.3, 0.4) is 0 Å². The van der Waals surface area contributed by atoms with E-state index in [9.17, 15) is 0 Å². The van der Waals surface area contributed by atoms with E-state index >= 15 is 0 Å². The minimum Gasteiger partial charge on any atom is -0.395 e. The Morgan fingerprint density at radius 1 is 1.18 bits per heavy atom. The molecule has 1 unspecified atom stereocenters. The molecule has 0 saturated heterocycles. The molecule has 0 spiro atoms. The lowest BCUT2D eigenvalue weighted by molar-refractivity contribution is 0.207. The molecule has 0 bridgehead atoms. The number of hydrogen-bond acceptors (Lipinski definition) is 2. The molecule has 1 atom stereocenters. The normalized spacial score (nSPS) is 14.5. The molecule has 2 N–H and O–H groups in total. The van der Waals surface area contributed by atoms with E-state index in [2.05, 4.69) is 33.0 Å². The van der Waals surface area contributed by atoms with Crippen LogP contribution in [-0.4, -0.2) is 24.3 Å². The maximum absolute atomic E-state index is 8.95. The van der Waals surface area contributed by atoms with E-state index < -0.39 is 0 Å². The molecule has 2 nitrogen and oxygen atoms in total. The van der Waals surface area contributed by atoms with Gasteiger partial charge >= 0.3 is 0 Å². The Labute approximate surface area is 70.0 Å². The quantitative estimate of drug-likeness (QED) is 0.633. The Hall–Kier alpha value is -0.0800. The van der Waals surface area contributed by atoms with Gasteiger partial charge in [0.25, 0.3) is 0 Å². The van der Waals surface area contributed by atoms with Crippen molar-refractivity contribution >= 4 is 0 Å². The first-order chi connectivity index (χ1) is 5.07. The number of nitrogens with one attached hydrogen (secondary N) is 1. The third kappa shape index (κ3) is 5.22. The van der Waals surface area contributed by atoms with Crippen LogP contribution in [0.4, 0.5) is 0 Å². The first-order valence-corrected chi connectivity index (χ1v) is 4.42. The van der Waals surface area contributed by atoms with Gasteiger partial charge in [0.15, 0.2) is 0 Å². The predicted molar refractivity (Wildman–Crippen MR) is 48.6 cm³/mol. The van der Waals surface area contributed by atoms with Gasteiger partial charge < -0.3 is 10.4 Å². The number of hydrogen-bond donors (Lipinski definition) is 2. The summed E-state index contributed by atoms with van der Waals surface area (Å²) >= 11 is 0. The topological polar surface area (TPSA) is 32.3 Å². The lowest BCUT2D eigenvalue weighted by atomic mass is 10.0. The lowest BCUT2D eigenvalue weighted by Gasteiger charge is -2.20. The second kappa shape index (κ2) is 5.56. The van der Waals surface area contributed by atoms with Crippen LogP contribution in [0.2, 0.25) is 0 Å². The van der Waals surface area contributed by atoms with Crippen molar-refractivity contribution in [3.63, 3.8) is 0 Å². The predicted octanol–water partition coefficient (Wildman–Crippen LogP) is 1.25. The summed E-state index contributed by atoms with van der Waals surface area (Å²) in [7, 11) is 0. The molecule has 0 aliphatic carbocycles. The van der Waals surface area contributed by atoms with Crippen LogP contribution in [-0.2, 0) is 0 Å². The van der Waals surface area contributed by atoms with Crippen LogP contribution in [0, 0.1) is 11.8 Å². The van der Waals surface area contributed by atoms with Crippen LogP contribution < -0.4 is 5.32 Å². The van der Waals surface area contributed by atoms with E-state index in [4.69, 9.17) is 5.11 Å². The zero-order valence-electron chi connectivity index (χ0n) is 8.09. The maximum atomic E-state index is 8.95. The van der Waals surface area contributed by atoms with E-state index in [1.54, 1.807) is 0 Å². The number of aliphatic hydroxyl groups excluding tert-OH is 1. The van der Waals surface area contributed by atoms with Crippen LogP contribution in [0.15, 0.2) is 0 Å². The van der Waals surface area contributed by atoms with Gasteiger partial charge in [-0.05, 0) is 18.4 Å². The average molecular weight is 159 g/mol. The second-order valence-electron chi connectivity index (χ2n) is 3.84. The third-order valence-electron chi connectivity index (χ3n) is 1.79. The Balaban J connectivity index is 3.52. The highest BCUT2D eigenvalue weighted by molar-refractivity contribution is 4.69. The summed E-state index contributed by atoms with van der Waals surface area (Å²) in [6.45, 7) is 9.81. The van der Waals surface area contributed by atoms with E-state index in [0.717, 1.165) is 6.54 Å². The maximum Gasteiger partial charge on any atom is 0.0587 e. The van der Waals surface area contributed by atoms with Gasteiger partial charge in [0, 0.05) is 6.04 Å². The molecule has 0 radical (unpaired) electrons. The molecule has 0 aromatic rings. The van der Waals surface area contributed by atoms with Gasteiger partial charge in [0.2, 0.25) is 0 Å². The van der Waals surface area contributed by atoms with Gasteiger partial charge in [-0.1, -0.05) is 27.7 Å². The molecule has 0 aromatic heterocycles. The van der Waals surface area contributed by atoms with Crippen molar-refractivity contribution in [1.82, 2.24) is 5.32 Å².